The minimum Gasteiger partial charge on any atom is -0.396 e. The lowest BCUT2D eigenvalue weighted by Crippen LogP contribution is -2.12. The Bertz CT molecular complexity index is 950. The van der Waals surface area contributed by atoms with Gasteiger partial charge in [0.2, 0.25) is 5.91 Å². The maximum absolute atomic E-state index is 13.9. The number of nitrogens with one attached hydrogen (secondary N) is 1. The quantitative estimate of drug-likeness (QED) is 0.758. The van der Waals surface area contributed by atoms with Crippen LogP contribution < -0.4 is 11.1 Å². The van der Waals surface area contributed by atoms with Gasteiger partial charge < -0.3 is 11.1 Å². The zero-order valence-electron chi connectivity index (χ0n) is 12.9. The Balaban J connectivity index is 1.82. The Labute approximate surface area is 137 Å². The van der Waals surface area contributed by atoms with Crippen LogP contribution in [0.2, 0.25) is 0 Å². The van der Waals surface area contributed by atoms with Gasteiger partial charge in [-0.3, -0.25) is 4.79 Å². The number of aromatic nitrogens is 3. The average molecular weight is 325 g/mol. The summed E-state index contributed by atoms with van der Waals surface area (Å²) in [4.78, 5) is 16.4. The van der Waals surface area contributed by atoms with Gasteiger partial charge in [-0.25, -0.2) is 14.1 Å². The maximum Gasteiger partial charge on any atom is 0.224 e. The van der Waals surface area contributed by atoms with E-state index in [-0.39, 0.29) is 18.3 Å². The Kier molecular flexibility index (Phi) is 3.41. The van der Waals surface area contributed by atoms with E-state index in [4.69, 9.17) is 5.73 Å². The van der Waals surface area contributed by atoms with Crippen LogP contribution in [-0.4, -0.2) is 20.7 Å². The van der Waals surface area contributed by atoms with Crippen molar-refractivity contribution in [1.82, 2.24) is 14.8 Å². The summed E-state index contributed by atoms with van der Waals surface area (Å²) < 4.78 is 15.5. The molecule has 4 rings (SSSR count). The second-order valence-corrected chi connectivity index (χ2v) is 5.88. The van der Waals surface area contributed by atoms with Crippen LogP contribution in [0.25, 0.3) is 11.0 Å². The number of carbonyl (C=O) groups excluding carboxylic acids is 1. The smallest absolute Gasteiger partial charge is 0.224 e. The molecule has 1 aliphatic rings. The first-order valence-electron chi connectivity index (χ1n) is 7.80. The van der Waals surface area contributed by atoms with Crippen molar-refractivity contribution in [2.24, 2.45) is 0 Å². The number of benzene rings is 1. The van der Waals surface area contributed by atoms with Crippen molar-refractivity contribution in [2.45, 2.75) is 25.8 Å². The van der Waals surface area contributed by atoms with E-state index < -0.39 is 0 Å². The Hall–Kier alpha value is -2.96. The number of nitrogens with two attached hydrogens (primary N) is 1. The van der Waals surface area contributed by atoms with Crippen LogP contribution in [0.5, 0.6) is 0 Å². The molecule has 24 heavy (non-hydrogen) atoms. The number of anilines is 2. The molecule has 0 fully saturated rings. The number of hydrogen-bond acceptors (Lipinski definition) is 4. The van der Waals surface area contributed by atoms with Gasteiger partial charge in [-0.15, -0.1) is 0 Å². The first-order chi connectivity index (χ1) is 11.6. The molecule has 3 N–H and O–H groups in total. The van der Waals surface area contributed by atoms with E-state index in [1.54, 1.807) is 29.1 Å². The van der Waals surface area contributed by atoms with Crippen LogP contribution in [0.3, 0.4) is 0 Å². The monoisotopic (exact) mass is 325 g/mol. The summed E-state index contributed by atoms with van der Waals surface area (Å²) in [6.45, 7) is 0.272. The molecule has 3 heterocycles. The molecule has 7 heteroatoms. The van der Waals surface area contributed by atoms with E-state index in [0.29, 0.717) is 40.8 Å². The molecule has 0 spiro atoms. The first kappa shape index (κ1) is 14.6. The van der Waals surface area contributed by atoms with Gasteiger partial charge in [0.05, 0.1) is 35.2 Å². The second kappa shape index (κ2) is 5.59. The molecule has 0 aliphatic carbocycles. The van der Waals surface area contributed by atoms with Crippen LogP contribution in [0.4, 0.5) is 15.8 Å². The summed E-state index contributed by atoms with van der Waals surface area (Å²) in [5.74, 6) is -0.337. The Morgan fingerprint density at radius 3 is 2.96 bits per heavy atom. The lowest BCUT2D eigenvalue weighted by molar-refractivity contribution is -0.116. The zero-order chi connectivity index (χ0) is 16.7. The standard InChI is InChI=1S/C17H16FN5O/c18-12-5-2-1-4-10(12)9-23-17-11(8-20-23)15(19)16-13(21-17)6-3-7-14(24)22-16/h1-2,4-5,8H,3,6-7,9H2,(H2,19,21)(H,22,24). The van der Waals surface area contributed by atoms with Crippen molar-refractivity contribution >= 4 is 28.3 Å². The molecule has 3 aromatic rings. The molecule has 122 valence electrons. The SMILES string of the molecule is Nc1c2c(nc3c1cnn3Cc1ccccc1F)CCCC(=O)N2. The van der Waals surface area contributed by atoms with Gasteiger partial charge in [0, 0.05) is 12.0 Å². The van der Waals surface area contributed by atoms with Gasteiger partial charge in [-0.2, -0.15) is 5.10 Å². The van der Waals surface area contributed by atoms with E-state index in [0.717, 1.165) is 12.1 Å². The van der Waals surface area contributed by atoms with Crippen molar-refractivity contribution in [2.75, 3.05) is 11.1 Å². The molecule has 1 aliphatic heterocycles. The average Bonchev–Trinajstić information content (AvgIpc) is 2.85. The molecule has 0 radical (unpaired) electrons. The molecule has 6 nitrogen and oxygen atoms in total. The molecule has 0 bridgehead atoms. The van der Waals surface area contributed by atoms with E-state index in [9.17, 15) is 9.18 Å². The Morgan fingerprint density at radius 2 is 2.12 bits per heavy atom. The Morgan fingerprint density at radius 1 is 1.29 bits per heavy atom. The van der Waals surface area contributed by atoms with Crippen LogP contribution in [-0.2, 0) is 17.8 Å². The summed E-state index contributed by atoms with van der Waals surface area (Å²) in [6, 6.07) is 6.58. The minimum absolute atomic E-state index is 0.0552. The van der Waals surface area contributed by atoms with Crippen LogP contribution >= 0.6 is 0 Å². The fourth-order valence-corrected chi connectivity index (χ4v) is 3.00. The highest BCUT2D eigenvalue weighted by atomic mass is 19.1. The predicted octanol–water partition coefficient (Wildman–Crippen LogP) is 2.48. The number of nitrogens with zero attached hydrogens (tertiary/aromatic N) is 3. The molecule has 1 amide bonds. The summed E-state index contributed by atoms with van der Waals surface area (Å²) in [6.07, 6.45) is 3.45. The fourth-order valence-electron chi connectivity index (χ4n) is 3.00. The number of fused-ring (bicyclic) bond motifs is 2. The fraction of sp³-hybridized carbons (Fsp3) is 0.235. The third kappa shape index (κ3) is 2.38. The van der Waals surface area contributed by atoms with Crippen molar-refractivity contribution in [3.05, 3.63) is 47.5 Å². The van der Waals surface area contributed by atoms with Crippen LogP contribution in [0.15, 0.2) is 30.5 Å². The lowest BCUT2D eigenvalue weighted by Gasteiger charge is -2.11. The first-order valence-corrected chi connectivity index (χ1v) is 7.80. The highest BCUT2D eigenvalue weighted by Gasteiger charge is 2.21. The van der Waals surface area contributed by atoms with Crippen molar-refractivity contribution < 1.29 is 9.18 Å². The summed E-state index contributed by atoms with van der Waals surface area (Å²) >= 11 is 0. The number of pyridine rings is 1. The third-order valence-corrected chi connectivity index (χ3v) is 4.26. The van der Waals surface area contributed by atoms with Gasteiger partial charge >= 0.3 is 0 Å². The van der Waals surface area contributed by atoms with E-state index >= 15 is 0 Å². The number of rotatable bonds is 2. The van der Waals surface area contributed by atoms with E-state index in [1.807, 2.05) is 0 Å². The molecular weight excluding hydrogens is 309 g/mol. The summed E-state index contributed by atoms with van der Waals surface area (Å²) in [7, 11) is 0. The zero-order valence-corrected chi connectivity index (χ0v) is 12.9. The van der Waals surface area contributed by atoms with Gasteiger partial charge in [0.15, 0.2) is 5.65 Å². The number of halogens is 1. The van der Waals surface area contributed by atoms with Crippen LogP contribution in [0, 0.1) is 5.82 Å². The van der Waals surface area contributed by atoms with E-state index in [2.05, 4.69) is 15.4 Å². The second-order valence-electron chi connectivity index (χ2n) is 5.88. The number of aryl methyl sites for hydroxylation is 1. The largest absolute Gasteiger partial charge is 0.396 e. The topological polar surface area (TPSA) is 85.8 Å². The summed E-state index contributed by atoms with van der Waals surface area (Å²) in [5.41, 5.74) is 9.15. The number of nitrogen functional groups attached to an aromatic ring is 1. The molecule has 1 aromatic carbocycles. The molecule has 2 aromatic heterocycles. The van der Waals surface area contributed by atoms with Crippen molar-refractivity contribution in [1.29, 1.82) is 0 Å². The molecule has 0 saturated carbocycles. The molecule has 0 saturated heterocycles. The van der Waals surface area contributed by atoms with Gasteiger partial charge in [0.25, 0.3) is 0 Å². The maximum atomic E-state index is 13.9. The van der Waals surface area contributed by atoms with Crippen molar-refractivity contribution in [3.8, 4) is 0 Å². The minimum atomic E-state index is -0.281. The van der Waals surface area contributed by atoms with Gasteiger partial charge in [-0.1, -0.05) is 18.2 Å². The number of amides is 1. The van der Waals surface area contributed by atoms with Crippen molar-refractivity contribution in [3.63, 3.8) is 0 Å². The normalized spacial score (nSPS) is 14.3. The van der Waals surface area contributed by atoms with Gasteiger partial charge in [-0.05, 0) is 18.9 Å². The number of carbonyl (C=O) groups is 1. The molecule has 0 atom stereocenters. The lowest BCUT2D eigenvalue weighted by atomic mass is 10.1. The molecular formula is C17H16FN5O. The predicted molar refractivity (Wildman–Crippen MR) is 89.0 cm³/mol. The van der Waals surface area contributed by atoms with Gasteiger partial charge in [0.1, 0.15) is 5.82 Å². The highest BCUT2D eigenvalue weighted by Crippen LogP contribution is 2.33. The highest BCUT2D eigenvalue weighted by molar-refractivity contribution is 6.02. The molecule has 0 unspecified atom stereocenters. The summed E-state index contributed by atoms with van der Waals surface area (Å²) in [5, 5.41) is 7.79. The third-order valence-electron chi connectivity index (χ3n) is 4.26. The van der Waals surface area contributed by atoms with E-state index in [1.165, 1.54) is 6.07 Å². The number of hydrogen-bond donors (Lipinski definition) is 2. The van der Waals surface area contributed by atoms with Crippen LogP contribution in [0.1, 0.15) is 24.1 Å².